The summed E-state index contributed by atoms with van der Waals surface area (Å²) in [6.07, 6.45) is -0.629. The van der Waals surface area contributed by atoms with Crippen LogP contribution in [0.2, 0.25) is 0 Å². The Kier molecular flexibility index (Phi) is 10.5. The standard InChI is InChI=1S/C36H47N3O5/c1-22-13-11-14-23(2)29(22)31(32(41)38-30-24(3)15-12-16-25(30)4)39(35(5,6)7)33(42)28(37-34(43)44-36(8,9)10)21-26-17-19-27(40)20-18-26/h11-20,28,31,40H,21H2,1-10H3,(H,37,43)(H,38,41). The van der Waals surface area contributed by atoms with Crippen molar-refractivity contribution in [2.45, 2.75) is 98.9 Å². The largest absolute Gasteiger partial charge is 0.508 e. The number of ether oxygens (including phenoxy) is 1. The highest BCUT2D eigenvalue weighted by Gasteiger charge is 2.43. The first-order valence-electron chi connectivity index (χ1n) is 14.9. The zero-order valence-electron chi connectivity index (χ0n) is 27.7. The Morgan fingerprint density at radius 1 is 0.795 bits per heavy atom. The molecule has 0 aliphatic heterocycles. The van der Waals surface area contributed by atoms with Gasteiger partial charge in [0, 0.05) is 17.6 Å². The second-order valence-corrected chi connectivity index (χ2v) is 13.4. The van der Waals surface area contributed by atoms with Gasteiger partial charge in [-0.05, 0) is 115 Å². The Morgan fingerprint density at radius 2 is 1.30 bits per heavy atom. The van der Waals surface area contributed by atoms with Crippen LogP contribution >= 0.6 is 0 Å². The number of carbonyl (C=O) groups is 3. The van der Waals surface area contributed by atoms with Gasteiger partial charge in [-0.15, -0.1) is 0 Å². The van der Waals surface area contributed by atoms with E-state index >= 15 is 0 Å². The molecular weight excluding hydrogens is 554 g/mol. The minimum absolute atomic E-state index is 0.0892. The maximum absolute atomic E-state index is 14.8. The highest BCUT2D eigenvalue weighted by molar-refractivity contribution is 6.00. The topological polar surface area (TPSA) is 108 Å². The zero-order chi connectivity index (χ0) is 33.0. The van der Waals surface area contributed by atoms with E-state index in [9.17, 15) is 19.5 Å². The van der Waals surface area contributed by atoms with E-state index in [1.54, 1.807) is 37.8 Å². The first-order chi connectivity index (χ1) is 20.4. The first-order valence-corrected chi connectivity index (χ1v) is 14.9. The second kappa shape index (κ2) is 13.5. The van der Waals surface area contributed by atoms with Gasteiger partial charge in [-0.3, -0.25) is 9.59 Å². The molecule has 2 atom stereocenters. The molecule has 3 N–H and O–H groups in total. The second-order valence-electron chi connectivity index (χ2n) is 13.4. The van der Waals surface area contributed by atoms with Crippen LogP contribution in [0, 0.1) is 27.7 Å². The Hall–Kier alpha value is -4.33. The normalized spacial score (nSPS) is 13.0. The van der Waals surface area contributed by atoms with E-state index < -0.39 is 35.2 Å². The Labute approximate surface area is 261 Å². The summed E-state index contributed by atoms with van der Waals surface area (Å²) in [5, 5.41) is 15.7. The molecule has 0 bridgehead atoms. The average molecular weight is 602 g/mol. The number of hydrogen-bond donors (Lipinski definition) is 3. The summed E-state index contributed by atoms with van der Waals surface area (Å²) in [5.74, 6) is -0.712. The molecule has 0 saturated heterocycles. The molecule has 0 aromatic heterocycles. The van der Waals surface area contributed by atoms with Crippen LogP contribution in [-0.4, -0.2) is 45.1 Å². The average Bonchev–Trinajstić information content (AvgIpc) is 2.89. The van der Waals surface area contributed by atoms with Crippen molar-refractivity contribution >= 4 is 23.6 Å². The van der Waals surface area contributed by atoms with Gasteiger partial charge in [-0.25, -0.2) is 4.79 Å². The number of benzene rings is 3. The summed E-state index contributed by atoms with van der Waals surface area (Å²) >= 11 is 0. The van der Waals surface area contributed by atoms with E-state index in [1.807, 2.05) is 84.9 Å². The molecule has 236 valence electrons. The van der Waals surface area contributed by atoms with Crippen LogP contribution in [0.4, 0.5) is 10.5 Å². The van der Waals surface area contributed by atoms with Gasteiger partial charge in [0.25, 0.3) is 5.91 Å². The van der Waals surface area contributed by atoms with Crippen LogP contribution in [0.25, 0.3) is 0 Å². The monoisotopic (exact) mass is 601 g/mol. The number of aromatic hydroxyl groups is 1. The molecule has 0 saturated carbocycles. The van der Waals surface area contributed by atoms with Gasteiger partial charge < -0.3 is 25.4 Å². The predicted molar refractivity (Wildman–Crippen MR) is 175 cm³/mol. The number of amides is 3. The number of phenolic OH excluding ortho intramolecular Hbond substituents is 1. The highest BCUT2D eigenvalue weighted by atomic mass is 16.6. The zero-order valence-corrected chi connectivity index (χ0v) is 27.7. The molecular formula is C36H47N3O5. The molecule has 3 amide bonds. The Bertz CT molecular complexity index is 1460. The predicted octanol–water partition coefficient (Wildman–Crippen LogP) is 7.07. The fourth-order valence-electron chi connectivity index (χ4n) is 5.37. The molecule has 0 aliphatic rings. The van der Waals surface area contributed by atoms with E-state index in [0.717, 1.165) is 33.4 Å². The van der Waals surface area contributed by atoms with Crippen LogP contribution in [0.15, 0.2) is 60.7 Å². The maximum Gasteiger partial charge on any atom is 0.408 e. The van der Waals surface area contributed by atoms with E-state index in [-0.39, 0.29) is 18.1 Å². The molecule has 3 aromatic carbocycles. The van der Waals surface area contributed by atoms with Crippen molar-refractivity contribution in [2.24, 2.45) is 0 Å². The minimum Gasteiger partial charge on any atom is -0.508 e. The summed E-state index contributed by atoms with van der Waals surface area (Å²) in [4.78, 5) is 44.0. The number of rotatable bonds is 8. The molecule has 0 radical (unpaired) electrons. The lowest BCUT2D eigenvalue weighted by Gasteiger charge is -2.44. The molecule has 0 spiro atoms. The van der Waals surface area contributed by atoms with Crippen molar-refractivity contribution < 1.29 is 24.2 Å². The summed E-state index contributed by atoms with van der Waals surface area (Å²) < 4.78 is 5.54. The summed E-state index contributed by atoms with van der Waals surface area (Å²) in [7, 11) is 0. The Morgan fingerprint density at radius 3 is 1.77 bits per heavy atom. The fourth-order valence-corrected chi connectivity index (χ4v) is 5.37. The van der Waals surface area contributed by atoms with Crippen LogP contribution in [0.1, 0.15) is 81.0 Å². The molecule has 3 aromatic rings. The van der Waals surface area contributed by atoms with Gasteiger partial charge in [0.05, 0.1) is 0 Å². The van der Waals surface area contributed by atoms with Gasteiger partial charge in [-0.1, -0.05) is 48.5 Å². The van der Waals surface area contributed by atoms with Crippen molar-refractivity contribution in [1.29, 1.82) is 0 Å². The molecule has 8 nitrogen and oxygen atoms in total. The van der Waals surface area contributed by atoms with Crippen LogP contribution < -0.4 is 10.6 Å². The van der Waals surface area contributed by atoms with E-state index in [4.69, 9.17) is 4.74 Å². The first kappa shape index (κ1) is 34.2. The van der Waals surface area contributed by atoms with E-state index in [1.165, 1.54) is 12.1 Å². The SMILES string of the molecule is Cc1cccc(C)c1NC(=O)C(c1c(C)cccc1C)N(C(=O)C(Cc1ccc(O)cc1)NC(=O)OC(C)(C)C)C(C)(C)C. The number of alkyl carbamates (subject to hydrolysis) is 1. The number of para-hydroxylation sites is 1. The minimum atomic E-state index is -1.08. The van der Waals surface area contributed by atoms with Gasteiger partial charge in [0.2, 0.25) is 5.91 Å². The number of anilines is 1. The molecule has 8 heteroatoms. The van der Waals surface area contributed by atoms with Crippen molar-refractivity contribution in [1.82, 2.24) is 10.2 Å². The lowest BCUT2D eigenvalue weighted by molar-refractivity contribution is -0.146. The van der Waals surface area contributed by atoms with Crippen molar-refractivity contribution in [3.05, 3.63) is 94.0 Å². The molecule has 0 fully saturated rings. The number of aryl methyl sites for hydroxylation is 4. The summed E-state index contributed by atoms with van der Waals surface area (Å²) in [5.41, 5.74) is 4.04. The molecule has 3 rings (SSSR count). The van der Waals surface area contributed by atoms with Gasteiger partial charge in [-0.2, -0.15) is 0 Å². The quantitative estimate of drug-likeness (QED) is 0.256. The number of phenols is 1. The number of nitrogens with one attached hydrogen (secondary N) is 2. The lowest BCUT2D eigenvalue weighted by Crippen LogP contribution is -2.58. The summed E-state index contributed by atoms with van der Waals surface area (Å²) in [6, 6.07) is 15.9. The van der Waals surface area contributed by atoms with Gasteiger partial charge in [0.15, 0.2) is 0 Å². The number of nitrogens with zero attached hydrogens (tertiary/aromatic N) is 1. The Balaban J connectivity index is 2.19. The van der Waals surface area contributed by atoms with Crippen LogP contribution in [0.5, 0.6) is 5.75 Å². The molecule has 44 heavy (non-hydrogen) atoms. The lowest BCUT2D eigenvalue weighted by atomic mass is 9.89. The molecule has 0 heterocycles. The fraction of sp³-hybridized carbons (Fsp3) is 0.417. The van der Waals surface area contributed by atoms with Gasteiger partial charge >= 0.3 is 6.09 Å². The van der Waals surface area contributed by atoms with Crippen LogP contribution in [-0.2, 0) is 20.7 Å². The van der Waals surface area contributed by atoms with Crippen molar-refractivity contribution in [2.75, 3.05) is 5.32 Å². The third-order valence-corrected chi connectivity index (χ3v) is 7.38. The molecule has 2 unspecified atom stereocenters. The van der Waals surface area contributed by atoms with Crippen LogP contribution in [0.3, 0.4) is 0 Å². The number of carbonyl (C=O) groups excluding carboxylic acids is 3. The van der Waals surface area contributed by atoms with Crippen molar-refractivity contribution in [3.63, 3.8) is 0 Å². The molecule has 0 aliphatic carbocycles. The maximum atomic E-state index is 14.8. The highest BCUT2D eigenvalue weighted by Crippen LogP contribution is 2.35. The van der Waals surface area contributed by atoms with Gasteiger partial charge in [0.1, 0.15) is 23.4 Å². The van der Waals surface area contributed by atoms with E-state index in [2.05, 4.69) is 10.6 Å². The third kappa shape index (κ3) is 8.62. The van der Waals surface area contributed by atoms with E-state index in [0.29, 0.717) is 5.69 Å². The smallest absolute Gasteiger partial charge is 0.408 e. The van der Waals surface area contributed by atoms with Crippen molar-refractivity contribution in [3.8, 4) is 5.75 Å². The number of hydrogen-bond acceptors (Lipinski definition) is 5. The third-order valence-electron chi connectivity index (χ3n) is 7.38. The summed E-state index contributed by atoms with van der Waals surface area (Å²) in [6.45, 7) is 18.6.